The molecule has 0 fully saturated rings. The zero-order valence-electron chi connectivity index (χ0n) is 12.7. The summed E-state index contributed by atoms with van der Waals surface area (Å²) in [6.45, 7) is 2.17. The molecule has 124 valence electrons. The molecule has 0 aliphatic heterocycles. The Labute approximate surface area is 139 Å². The molecule has 2 amide bonds. The zero-order chi connectivity index (χ0) is 16.7. The van der Waals surface area contributed by atoms with Gasteiger partial charge in [0.2, 0.25) is 0 Å². The summed E-state index contributed by atoms with van der Waals surface area (Å²) in [5.74, 6) is 0.970. The fourth-order valence-corrected chi connectivity index (χ4v) is 2.05. The Morgan fingerprint density at radius 1 is 1.26 bits per heavy atom. The minimum absolute atomic E-state index is 0.0547. The van der Waals surface area contributed by atoms with Gasteiger partial charge in [-0.25, -0.2) is 4.79 Å². The predicted molar refractivity (Wildman–Crippen MR) is 86.6 cm³/mol. The summed E-state index contributed by atoms with van der Waals surface area (Å²) in [4.78, 5) is 11.7. The molecule has 23 heavy (non-hydrogen) atoms. The maximum atomic E-state index is 11.7. The highest BCUT2D eigenvalue weighted by atomic mass is 35.5. The number of carbonyl (C=O) groups is 1. The summed E-state index contributed by atoms with van der Waals surface area (Å²) in [7, 11) is 0. The van der Waals surface area contributed by atoms with E-state index >= 15 is 0 Å². The summed E-state index contributed by atoms with van der Waals surface area (Å²) in [5, 5.41) is 15.5. The number of hydrogen-bond donors (Lipinski definition) is 3. The van der Waals surface area contributed by atoms with Crippen LogP contribution in [0.2, 0.25) is 5.02 Å². The van der Waals surface area contributed by atoms with Crippen molar-refractivity contribution in [2.75, 3.05) is 13.1 Å². The first-order valence-corrected chi connectivity index (χ1v) is 7.58. The average molecular weight is 339 g/mol. The van der Waals surface area contributed by atoms with Crippen LogP contribution in [0.3, 0.4) is 0 Å². The fourth-order valence-electron chi connectivity index (χ4n) is 1.87. The van der Waals surface area contributed by atoms with Gasteiger partial charge in [-0.1, -0.05) is 23.7 Å². The van der Waals surface area contributed by atoms with Gasteiger partial charge >= 0.3 is 6.03 Å². The van der Waals surface area contributed by atoms with Crippen LogP contribution in [0, 0.1) is 0 Å². The van der Waals surface area contributed by atoms with Gasteiger partial charge in [-0.3, -0.25) is 0 Å². The van der Waals surface area contributed by atoms with Crippen molar-refractivity contribution in [1.29, 1.82) is 0 Å². The lowest BCUT2D eigenvalue weighted by molar-refractivity contribution is 0.147. The number of furan rings is 1. The summed E-state index contributed by atoms with van der Waals surface area (Å²) < 4.78 is 10.7. The van der Waals surface area contributed by atoms with Gasteiger partial charge in [-0.15, -0.1) is 0 Å². The van der Waals surface area contributed by atoms with Crippen molar-refractivity contribution in [3.8, 4) is 5.75 Å². The van der Waals surface area contributed by atoms with Crippen LogP contribution in [-0.2, 0) is 0 Å². The van der Waals surface area contributed by atoms with Crippen molar-refractivity contribution < 1.29 is 19.1 Å². The highest BCUT2D eigenvalue weighted by Crippen LogP contribution is 2.23. The third-order valence-corrected chi connectivity index (χ3v) is 3.35. The van der Waals surface area contributed by atoms with Gasteiger partial charge in [0.1, 0.15) is 23.7 Å². The predicted octanol–water partition coefficient (Wildman–Crippen LogP) is 2.73. The first-order chi connectivity index (χ1) is 11.1. The van der Waals surface area contributed by atoms with Gasteiger partial charge in [0, 0.05) is 0 Å². The minimum atomic E-state index is -0.882. The quantitative estimate of drug-likeness (QED) is 0.724. The van der Waals surface area contributed by atoms with Crippen molar-refractivity contribution in [1.82, 2.24) is 10.6 Å². The van der Waals surface area contributed by atoms with E-state index in [1.165, 1.54) is 6.26 Å². The van der Waals surface area contributed by atoms with Crippen LogP contribution in [0.15, 0.2) is 47.1 Å². The van der Waals surface area contributed by atoms with E-state index in [2.05, 4.69) is 10.6 Å². The second kappa shape index (κ2) is 8.45. The number of aliphatic hydroxyl groups excluding tert-OH is 1. The molecular formula is C16H19ClN2O4. The molecule has 3 N–H and O–H groups in total. The Morgan fingerprint density at radius 3 is 2.70 bits per heavy atom. The maximum absolute atomic E-state index is 11.7. The molecule has 1 aromatic heterocycles. The van der Waals surface area contributed by atoms with E-state index in [1.54, 1.807) is 24.3 Å². The molecule has 1 heterocycles. The maximum Gasteiger partial charge on any atom is 0.315 e. The molecule has 0 saturated heterocycles. The van der Waals surface area contributed by atoms with E-state index in [0.717, 1.165) is 0 Å². The average Bonchev–Trinajstić information content (AvgIpc) is 3.07. The molecule has 2 rings (SSSR count). The number of rotatable bonds is 7. The van der Waals surface area contributed by atoms with Crippen molar-refractivity contribution in [2.45, 2.75) is 19.1 Å². The van der Waals surface area contributed by atoms with Gasteiger partial charge in [-0.2, -0.15) is 0 Å². The van der Waals surface area contributed by atoms with Crippen LogP contribution < -0.4 is 15.4 Å². The van der Waals surface area contributed by atoms with Gasteiger partial charge in [0.25, 0.3) is 0 Å². The highest BCUT2D eigenvalue weighted by Gasteiger charge is 2.13. The summed E-state index contributed by atoms with van der Waals surface area (Å²) in [5.41, 5.74) is 0. The number of aliphatic hydroxyl groups is 1. The molecule has 2 atom stereocenters. The number of amides is 2. The second-order valence-electron chi connectivity index (χ2n) is 4.98. The van der Waals surface area contributed by atoms with Crippen molar-refractivity contribution in [3.63, 3.8) is 0 Å². The minimum Gasteiger partial charge on any atom is -0.487 e. The molecule has 0 bridgehead atoms. The van der Waals surface area contributed by atoms with Crippen molar-refractivity contribution >= 4 is 17.6 Å². The number of urea groups is 1. The zero-order valence-corrected chi connectivity index (χ0v) is 13.4. The molecule has 2 aromatic rings. The molecule has 0 radical (unpaired) electrons. The number of carbonyl (C=O) groups excluding carboxylic acids is 1. The Hall–Kier alpha value is -2.18. The Balaban J connectivity index is 1.68. The lowest BCUT2D eigenvalue weighted by atomic mass is 10.3. The molecule has 7 heteroatoms. The second-order valence-corrected chi connectivity index (χ2v) is 5.39. The number of hydrogen-bond acceptors (Lipinski definition) is 4. The SMILES string of the molecule is CC(CNC(=O)NCC(O)c1ccco1)Oc1ccccc1Cl. The van der Waals surface area contributed by atoms with Crippen LogP contribution in [0.4, 0.5) is 4.79 Å². The lowest BCUT2D eigenvalue weighted by Crippen LogP contribution is -2.41. The summed E-state index contributed by atoms with van der Waals surface area (Å²) in [6.07, 6.45) is 0.329. The standard InChI is InChI=1S/C16H19ClN2O4/c1-11(23-14-6-3-2-5-12(14)17)9-18-16(21)19-10-13(20)15-7-4-8-22-15/h2-8,11,13,20H,9-10H2,1H3,(H2,18,19,21). The number of benzene rings is 1. The van der Waals surface area contributed by atoms with Crippen LogP contribution in [0.25, 0.3) is 0 Å². The van der Waals surface area contributed by atoms with E-state index in [1.807, 2.05) is 19.1 Å². The Morgan fingerprint density at radius 2 is 2.00 bits per heavy atom. The van der Waals surface area contributed by atoms with Gasteiger partial charge in [-0.05, 0) is 31.2 Å². The Kier molecular flexibility index (Phi) is 6.31. The normalized spacial score (nSPS) is 13.2. The van der Waals surface area contributed by atoms with Gasteiger partial charge in [0.05, 0.1) is 24.4 Å². The van der Waals surface area contributed by atoms with E-state index in [-0.39, 0.29) is 12.6 Å². The van der Waals surface area contributed by atoms with E-state index in [9.17, 15) is 9.90 Å². The topological polar surface area (TPSA) is 83.7 Å². The number of halogens is 1. The molecule has 0 aliphatic carbocycles. The highest BCUT2D eigenvalue weighted by molar-refractivity contribution is 6.32. The first kappa shape index (κ1) is 17.2. The molecule has 1 aromatic carbocycles. The molecule has 2 unspecified atom stereocenters. The smallest absolute Gasteiger partial charge is 0.315 e. The number of nitrogens with one attached hydrogen (secondary N) is 2. The van der Waals surface area contributed by atoms with Crippen LogP contribution in [-0.4, -0.2) is 30.3 Å². The molecule has 0 spiro atoms. The monoisotopic (exact) mass is 338 g/mol. The van der Waals surface area contributed by atoms with Crippen LogP contribution in [0.1, 0.15) is 18.8 Å². The number of ether oxygens (including phenoxy) is 1. The lowest BCUT2D eigenvalue weighted by Gasteiger charge is -2.17. The Bertz CT molecular complexity index is 618. The third-order valence-electron chi connectivity index (χ3n) is 3.04. The van der Waals surface area contributed by atoms with Crippen molar-refractivity contribution in [3.05, 3.63) is 53.4 Å². The largest absolute Gasteiger partial charge is 0.487 e. The fraction of sp³-hybridized carbons (Fsp3) is 0.312. The van der Waals surface area contributed by atoms with Crippen LogP contribution >= 0.6 is 11.6 Å². The van der Waals surface area contributed by atoms with E-state index < -0.39 is 12.1 Å². The first-order valence-electron chi connectivity index (χ1n) is 7.20. The van der Waals surface area contributed by atoms with Crippen LogP contribution in [0.5, 0.6) is 5.75 Å². The molecule has 6 nitrogen and oxygen atoms in total. The van der Waals surface area contributed by atoms with Gasteiger partial charge in [0.15, 0.2) is 0 Å². The van der Waals surface area contributed by atoms with E-state index in [0.29, 0.717) is 23.1 Å². The summed E-state index contributed by atoms with van der Waals surface area (Å²) >= 11 is 6.00. The van der Waals surface area contributed by atoms with Gasteiger partial charge < -0.3 is 24.9 Å². The third kappa shape index (κ3) is 5.50. The molecule has 0 saturated carbocycles. The summed E-state index contributed by atoms with van der Waals surface area (Å²) in [6, 6.07) is 10.1. The molecule has 0 aliphatic rings. The number of para-hydroxylation sites is 1. The van der Waals surface area contributed by atoms with Crippen molar-refractivity contribution in [2.24, 2.45) is 0 Å². The van der Waals surface area contributed by atoms with E-state index in [4.69, 9.17) is 20.8 Å². The molecular weight excluding hydrogens is 320 g/mol.